The molecule has 4 rings (SSSR count). The second-order valence-corrected chi connectivity index (χ2v) is 8.30. The van der Waals surface area contributed by atoms with Gasteiger partial charge in [-0.15, -0.1) is 0 Å². The summed E-state index contributed by atoms with van der Waals surface area (Å²) in [6.07, 6.45) is 0. The second-order valence-electron chi connectivity index (χ2n) is 8.30. The number of piperazine rings is 1. The zero-order valence-corrected chi connectivity index (χ0v) is 18.8. The lowest BCUT2D eigenvalue weighted by Gasteiger charge is -2.41. The number of carbonyl (C=O) groups is 2. The van der Waals surface area contributed by atoms with E-state index in [1.807, 2.05) is 58.3 Å². The molecular weight excluding hydrogens is 406 g/mol. The Morgan fingerprint density at radius 2 is 1.72 bits per heavy atom. The van der Waals surface area contributed by atoms with E-state index >= 15 is 0 Å². The first-order valence-corrected chi connectivity index (χ1v) is 11.1. The third-order valence-corrected chi connectivity index (χ3v) is 6.32. The Kier molecular flexibility index (Phi) is 7.07. The first kappa shape index (κ1) is 22.3. The highest BCUT2D eigenvalue weighted by Crippen LogP contribution is 2.28. The van der Waals surface area contributed by atoms with Crippen LogP contribution in [-0.4, -0.2) is 79.6 Å². The van der Waals surface area contributed by atoms with Crippen LogP contribution in [0.5, 0.6) is 5.75 Å². The van der Waals surface area contributed by atoms with Gasteiger partial charge in [-0.05, 0) is 29.3 Å². The Labute approximate surface area is 189 Å². The molecule has 2 fully saturated rings. The predicted octanol–water partition coefficient (Wildman–Crippen LogP) is 2.57. The van der Waals surface area contributed by atoms with Crippen LogP contribution in [0.4, 0.5) is 0 Å². The van der Waals surface area contributed by atoms with Crippen LogP contribution in [0.2, 0.25) is 0 Å². The van der Waals surface area contributed by atoms with Gasteiger partial charge in [-0.1, -0.05) is 30.3 Å². The smallest absolute Gasteiger partial charge is 0.254 e. The van der Waals surface area contributed by atoms with Crippen LogP contribution in [0.1, 0.15) is 34.5 Å². The number of benzene rings is 2. The van der Waals surface area contributed by atoms with Gasteiger partial charge in [0.25, 0.3) is 5.91 Å². The Balaban J connectivity index is 1.54. The van der Waals surface area contributed by atoms with E-state index in [1.54, 1.807) is 14.0 Å². The third kappa shape index (κ3) is 4.95. The fourth-order valence-electron chi connectivity index (χ4n) is 4.49. The number of carbonyl (C=O) groups excluding carboxylic acids is 2. The number of methoxy groups -OCH3 is 1. The fourth-order valence-corrected chi connectivity index (χ4v) is 4.49. The van der Waals surface area contributed by atoms with Gasteiger partial charge >= 0.3 is 0 Å². The normalized spacial score (nSPS) is 19.6. The molecular formula is C25H31N3O4. The van der Waals surface area contributed by atoms with E-state index in [-0.39, 0.29) is 17.9 Å². The molecule has 0 saturated carbocycles. The Morgan fingerprint density at radius 3 is 2.41 bits per heavy atom. The zero-order chi connectivity index (χ0) is 22.5. The van der Waals surface area contributed by atoms with Crippen molar-refractivity contribution in [2.75, 3.05) is 53.0 Å². The van der Waals surface area contributed by atoms with Gasteiger partial charge in [0.1, 0.15) is 5.75 Å². The standard InChI is InChI=1S/C25H31N3O4/c1-19(29)28-12-11-27(18-24(28)20-7-9-22(31-2)10-8-20)25(30)23-6-4-3-5-21(23)17-26-13-15-32-16-14-26/h3-10,24H,11-18H2,1-2H3/t24-/m0/s1. The molecule has 0 unspecified atom stereocenters. The average molecular weight is 438 g/mol. The number of ether oxygens (including phenoxy) is 2. The summed E-state index contributed by atoms with van der Waals surface area (Å²) in [5, 5.41) is 0. The summed E-state index contributed by atoms with van der Waals surface area (Å²) < 4.78 is 10.7. The molecule has 2 aliphatic rings. The summed E-state index contributed by atoms with van der Waals surface area (Å²) in [4.78, 5) is 31.9. The Bertz CT molecular complexity index is 940. The number of hydrogen-bond acceptors (Lipinski definition) is 5. The van der Waals surface area contributed by atoms with Gasteiger partial charge in [0, 0.05) is 51.8 Å². The molecule has 0 aliphatic carbocycles. The van der Waals surface area contributed by atoms with E-state index in [9.17, 15) is 9.59 Å². The lowest BCUT2D eigenvalue weighted by molar-refractivity contribution is -0.133. The van der Waals surface area contributed by atoms with Crippen molar-refractivity contribution < 1.29 is 19.1 Å². The van der Waals surface area contributed by atoms with E-state index < -0.39 is 0 Å². The molecule has 0 spiro atoms. The topological polar surface area (TPSA) is 62.3 Å². The number of nitrogens with zero attached hydrogens (tertiary/aromatic N) is 3. The molecule has 170 valence electrons. The summed E-state index contributed by atoms with van der Waals surface area (Å²) in [6.45, 7) is 7.04. The SMILES string of the molecule is COc1ccc([C@@H]2CN(C(=O)c3ccccc3CN3CCOCC3)CCN2C(C)=O)cc1. The molecule has 0 bridgehead atoms. The van der Waals surface area contributed by atoms with Gasteiger partial charge < -0.3 is 19.3 Å². The van der Waals surface area contributed by atoms with Gasteiger partial charge in [0.05, 0.1) is 26.4 Å². The van der Waals surface area contributed by atoms with Crippen molar-refractivity contribution in [1.29, 1.82) is 0 Å². The maximum Gasteiger partial charge on any atom is 0.254 e. The highest BCUT2D eigenvalue weighted by molar-refractivity contribution is 5.96. The quantitative estimate of drug-likeness (QED) is 0.720. The van der Waals surface area contributed by atoms with Crippen molar-refractivity contribution in [3.63, 3.8) is 0 Å². The highest BCUT2D eigenvalue weighted by atomic mass is 16.5. The van der Waals surface area contributed by atoms with Crippen LogP contribution in [0.15, 0.2) is 48.5 Å². The zero-order valence-electron chi connectivity index (χ0n) is 18.8. The predicted molar refractivity (Wildman–Crippen MR) is 122 cm³/mol. The molecule has 0 aromatic heterocycles. The molecule has 2 saturated heterocycles. The van der Waals surface area contributed by atoms with Crippen molar-refractivity contribution in [3.05, 3.63) is 65.2 Å². The minimum absolute atomic E-state index is 0.0191. The van der Waals surface area contributed by atoms with Crippen molar-refractivity contribution in [1.82, 2.24) is 14.7 Å². The molecule has 1 atom stereocenters. The molecule has 7 nitrogen and oxygen atoms in total. The molecule has 2 aromatic carbocycles. The van der Waals surface area contributed by atoms with E-state index in [0.29, 0.717) is 19.6 Å². The lowest BCUT2D eigenvalue weighted by atomic mass is 10.00. The fraction of sp³-hybridized carbons (Fsp3) is 0.440. The maximum atomic E-state index is 13.6. The first-order valence-electron chi connectivity index (χ1n) is 11.1. The molecule has 2 amide bonds. The lowest BCUT2D eigenvalue weighted by Crippen LogP contribution is -2.52. The van der Waals surface area contributed by atoms with Gasteiger partial charge in [-0.2, -0.15) is 0 Å². The maximum absolute atomic E-state index is 13.6. The Morgan fingerprint density at radius 1 is 1.00 bits per heavy atom. The number of morpholine rings is 1. The first-order chi connectivity index (χ1) is 15.6. The van der Waals surface area contributed by atoms with Crippen molar-refractivity contribution in [2.45, 2.75) is 19.5 Å². The largest absolute Gasteiger partial charge is 0.497 e. The number of amides is 2. The molecule has 0 N–H and O–H groups in total. The van der Waals surface area contributed by atoms with Crippen LogP contribution in [0, 0.1) is 0 Å². The molecule has 32 heavy (non-hydrogen) atoms. The van der Waals surface area contributed by atoms with E-state index in [4.69, 9.17) is 9.47 Å². The van der Waals surface area contributed by atoms with Crippen LogP contribution < -0.4 is 4.74 Å². The van der Waals surface area contributed by atoms with E-state index in [0.717, 1.165) is 55.3 Å². The summed E-state index contributed by atoms with van der Waals surface area (Å²) in [5.74, 6) is 0.810. The van der Waals surface area contributed by atoms with E-state index in [1.165, 1.54) is 0 Å². The minimum atomic E-state index is -0.178. The molecule has 7 heteroatoms. The van der Waals surface area contributed by atoms with Crippen molar-refractivity contribution >= 4 is 11.8 Å². The van der Waals surface area contributed by atoms with Crippen molar-refractivity contribution in [2.24, 2.45) is 0 Å². The van der Waals surface area contributed by atoms with Gasteiger partial charge in [-0.3, -0.25) is 14.5 Å². The van der Waals surface area contributed by atoms with Crippen LogP contribution in [-0.2, 0) is 16.1 Å². The van der Waals surface area contributed by atoms with E-state index in [2.05, 4.69) is 4.90 Å². The van der Waals surface area contributed by atoms with Crippen LogP contribution >= 0.6 is 0 Å². The monoisotopic (exact) mass is 437 g/mol. The summed E-state index contributed by atoms with van der Waals surface area (Å²) >= 11 is 0. The molecule has 2 heterocycles. The van der Waals surface area contributed by atoms with Crippen LogP contribution in [0.3, 0.4) is 0 Å². The van der Waals surface area contributed by atoms with Gasteiger partial charge in [0.2, 0.25) is 5.91 Å². The average Bonchev–Trinajstić information content (AvgIpc) is 2.84. The second kappa shape index (κ2) is 10.1. The molecule has 0 radical (unpaired) electrons. The number of rotatable bonds is 5. The summed E-state index contributed by atoms with van der Waals surface area (Å²) in [7, 11) is 1.63. The minimum Gasteiger partial charge on any atom is -0.497 e. The molecule has 2 aromatic rings. The summed E-state index contributed by atoms with van der Waals surface area (Å²) in [5.41, 5.74) is 2.78. The molecule has 2 aliphatic heterocycles. The third-order valence-electron chi connectivity index (χ3n) is 6.32. The number of hydrogen-bond donors (Lipinski definition) is 0. The summed E-state index contributed by atoms with van der Waals surface area (Å²) in [6, 6.07) is 15.4. The van der Waals surface area contributed by atoms with Gasteiger partial charge in [-0.25, -0.2) is 0 Å². The highest BCUT2D eigenvalue weighted by Gasteiger charge is 2.33. The Hall–Kier alpha value is -2.90. The van der Waals surface area contributed by atoms with Crippen LogP contribution in [0.25, 0.3) is 0 Å². The van der Waals surface area contributed by atoms with Crippen molar-refractivity contribution in [3.8, 4) is 5.75 Å². The van der Waals surface area contributed by atoms with Gasteiger partial charge in [0.15, 0.2) is 0 Å².